The number of aliphatic hydroxyl groups is 1. The molecule has 0 radical (unpaired) electrons. The Labute approximate surface area is 137 Å². The second-order valence-electron chi connectivity index (χ2n) is 4.59. The normalized spacial score (nSPS) is 18.0. The van der Waals surface area contributed by atoms with Crippen LogP contribution in [0.2, 0.25) is 0 Å². The lowest BCUT2D eigenvalue weighted by atomic mass is 10.2. The highest BCUT2D eigenvalue weighted by atomic mass is 32.2. The Morgan fingerprint density at radius 1 is 1.26 bits per heavy atom. The molecule has 2 aromatic rings. The highest BCUT2D eigenvalue weighted by molar-refractivity contribution is 8.18. The fourth-order valence-electron chi connectivity index (χ4n) is 2.01. The predicted octanol–water partition coefficient (Wildman–Crippen LogP) is 4.08. The van der Waals surface area contributed by atoms with Gasteiger partial charge in [0.15, 0.2) is 0 Å². The number of hydrogen-bond acceptors (Lipinski definition) is 6. The minimum absolute atomic E-state index is 0.0548. The maximum atomic E-state index is 12.0. The van der Waals surface area contributed by atoms with Crippen molar-refractivity contribution in [3.05, 3.63) is 70.7 Å². The van der Waals surface area contributed by atoms with Crippen molar-refractivity contribution < 1.29 is 19.1 Å². The first-order valence-electron chi connectivity index (χ1n) is 6.78. The molecule has 0 saturated carbocycles. The smallest absolute Gasteiger partial charge is 0.344 e. The fraction of sp³-hybridized carbons (Fsp3) is 0.0588. The minimum atomic E-state index is -0.632. The van der Waals surface area contributed by atoms with Crippen LogP contribution in [0, 0.1) is 0 Å². The first-order chi connectivity index (χ1) is 11.2. The summed E-state index contributed by atoms with van der Waals surface area (Å²) in [7, 11) is 1.27. The maximum absolute atomic E-state index is 12.0. The van der Waals surface area contributed by atoms with E-state index in [0.29, 0.717) is 21.4 Å². The number of furan rings is 1. The molecular formula is C17H13NO4S. The van der Waals surface area contributed by atoms with Gasteiger partial charge >= 0.3 is 5.97 Å². The molecule has 0 spiro atoms. The Hall–Kier alpha value is -2.73. The van der Waals surface area contributed by atoms with E-state index in [1.54, 1.807) is 18.2 Å². The van der Waals surface area contributed by atoms with Crippen molar-refractivity contribution in [1.29, 1.82) is 0 Å². The van der Waals surface area contributed by atoms with E-state index in [1.807, 2.05) is 30.3 Å². The predicted molar refractivity (Wildman–Crippen MR) is 89.5 cm³/mol. The number of ether oxygens (including phenoxy) is 1. The second-order valence-corrected chi connectivity index (χ2v) is 5.62. The van der Waals surface area contributed by atoms with Crippen molar-refractivity contribution >= 4 is 34.5 Å². The molecule has 3 rings (SSSR count). The van der Waals surface area contributed by atoms with Crippen LogP contribution in [0.3, 0.4) is 0 Å². The molecule has 0 amide bonds. The van der Waals surface area contributed by atoms with Crippen LogP contribution in [0.5, 0.6) is 0 Å². The van der Waals surface area contributed by atoms with Crippen LogP contribution >= 0.6 is 11.8 Å². The van der Waals surface area contributed by atoms with Crippen LogP contribution in [0.25, 0.3) is 6.08 Å². The van der Waals surface area contributed by atoms with E-state index in [4.69, 9.17) is 9.15 Å². The van der Waals surface area contributed by atoms with Crippen LogP contribution in [0.1, 0.15) is 5.76 Å². The van der Waals surface area contributed by atoms with E-state index in [9.17, 15) is 9.90 Å². The fourth-order valence-corrected chi connectivity index (χ4v) is 3.03. The molecule has 6 heteroatoms. The number of hydrogen-bond donors (Lipinski definition) is 1. The van der Waals surface area contributed by atoms with Crippen LogP contribution in [0.4, 0.5) is 5.69 Å². The summed E-state index contributed by atoms with van der Waals surface area (Å²) >= 11 is 1.19. The molecule has 1 aliphatic rings. The number of thioether (sulfide) groups is 1. The monoisotopic (exact) mass is 327 g/mol. The first-order valence-corrected chi connectivity index (χ1v) is 7.60. The molecule has 0 bridgehead atoms. The number of nitrogens with zero attached hydrogens (tertiary/aromatic N) is 1. The van der Waals surface area contributed by atoms with Gasteiger partial charge in [-0.05, 0) is 30.3 Å². The number of aliphatic hydroxyl groups excluding tert-OH is 1. The van der Waals surface area contributed by atoms with Crippen molar-refractivity contribution in [2.75, 3.05) is 7.11 Å². The number of para-hydroxylation sites is 1. The zero-order valence-electron chi connectivity index (χ0n) is 12.2. The third-order valence-electron chi connectivity index (χ3n) is 3.08. The van der Waals surface area contributed by atoms with Gasteiger partial charge in [-0.3, -0.25) is 0 Å². The highest BCUT2D eigenvalue weighted by Crippen LogP contribution is 2.40. The van der Waals surface area contributed by atoms with E-state index in [-0.39, 0.29) is 11.3 Å². The van der Waals surface area contributed by atoms with Crippen LogP contribution in [0.15, 0.2) is 74.4 Å². The van der Waals surface area contributed by atoms with Gasteiger partial charge in [0.25, 0.3) is 0 Å². The average Bonchev–Trinajstić information content (AvgIpc) is 3.17. The topological polar surface area (TPSA) is 72.0 Å². The third kappa shape index (κ3) is 3.22. The molecule has 1 aromatic carbocycles. The summed E-state index contributed by atoms with van der Waals surface area (Å²) in [6.45, 7) is 0. The number of aliphatic imine (C=N–C) groups is 1. The second kappa shape index (κ2) is 6.58. The molecule has 1 aromatic heterocycles. The van der Waals surface area contributed by atoms with E-state index in [2.05, 4.69) is 4.99 Å². The Kier molecular flexibility index (Phi) is 4.34. The summed E-state index contributed by atoms with van der Waals surface area (Å²) in [5.74, 6) is -0.218. The number of carbonyl (C=O) groups is 1. The molecule has 1 aliphatic heterocycles. The van der Waals surface area contributed by atoms with Crippen molar-refractivity contribution in [2.24, 2.45) is 4.99 Å². The summed E-state index contributed by atoms with van der Waals surface area (Å²) in [5.41, 5.74) is 0.739. The third-order valence-corrected chi connectivity index (χ3v) is 4.10. The zero-order valence-corrected chi connectivity index (χ0v) is 13.0. The Bertz CT molecular complexity index is 804. The maximum Gasteiger partial charge on any atom is 0.344 e. The van der Waals surface area contributed by atoms with Gasteiger partial charge in [0.2, 0.25) is 0 Å². The summed E-state index contributed by atoms with van der Waals surface area (Å²) in [6.07, 6.45) is 3.18. The molecule has 0 atom stereocenters. The van der Waals surface area contributed by atoms with Crippen molar-refractivity contribution in [1.82, 2.24) is 0 Å². The number of rotatable bonds is 3. The standard InChI is InChI=1S/C17H13NO4S/c1-21-17(20)14-15(19)13(10-12-8-5-9-22-12)23-16(14)18-11-6-3-2-4-7-11/h2-10,19H,1H3/b13-10-,18-16?. The van der Waals surface area contributed by atoms with E-state index in [0.717, 1.165) is 0 Å². The van der Waals surface area contributed by atoms with Crippen LogP contribution < -0.4 is 0 Å². The van der Waals surface area contributed by atoms with Gasteiger partial charge in [0, 0.05) is 0 Å². The number of carbonyl (C=O) groups excluding carboxylic acids is 1. The first kappa shape index (κ1) is 15.2. The Morgan fingerprint density at radius 3 is 2.70 bits per heavy atom. The van der Waals surface area contributed by atoms with Gasteiger partial charge in [-0.2, -0.15) is 0 Å². The zero-order chi connectivity index (χ0) is 16.2. The molecule has 2 heterocycles. The van der Waals surface area contributed by atoms with Crippen molar-refractivity contribution in [3.63, 3.8) is 0 Å². The summed E-state index contributed by atoms with van der Waals surface area (Å²) in [5, 5.41) is 10.8. The largest absolute Gasteiger partial charge is 0.506 e. The lowest BCUT2D eigenvalue weighted by molar-refractivity contribution is -0.135. The molecule has 0 unspecified atom stereocenters. The van der Waals surface area contributed by atoms with Gasteiger partial charge in [-0.15, -0.1) is 0 Å². The lowest BCUT2D eigenvalue weighted by Crippen LogP contribution is -2.10. The van der Waals surface area contributed by atoms with E-state index >= 15 is 0 Å². The minimum Gasteiger partial charge on any atom is -0.506 e. The molecule has 0 aliphatic carbocycles. The SMILES string of the molecule is COC(=O)C1=C(O)/C(=C/c2ccco2)SC1=Nc1ccccc1. The Balaban J connectivity index is 2.04. The van der Waals surface area contributed by atoms with E-state index in [1.165, 1.54) is 25.1 Å². The van der Waals surface area contributed by atoms with Gasteiger partial charge in [0.05, 0.1) is 24.0 Å². The molecule has 116 valence electrons. The number of esters is 1. The molecular weight excluding hydrogens is 314 g/mol. The molecule has 0 fully saturated rings. The molecule has 5 nitrogen and oxygen atoms in total. The van der Waals surface area contributed by atoms with E-state index < -0.39 is 5.97 Å². The highest BCUT2D eigenvalue weighted by Gasteiger charge is 2.33. The molecule has 23 heavy (non-hydrogen) atoms. The van der Waals surface area contributed by atoms with Crippen molar-refractivity contribution in [2.45, 2.75) is 0 Å². The van der Waals surface area contributed by atoms with Gasteiger partial charge in [-0.1, -0.05) is 30.0 Å². The average molecular weight is 327 g/mol. The summed E-state index contributed by atoms with van der Waals surface area (Å²) < 4.78 is 9.99. The van der Waals surface area contributed by atoms with Crippen LogP contribution in [-0.4, -0.2) is 23.2 Å². The number of methoxy groups -OCH3 is 1. The molecule has 1 N–H and O–H groups in total. The number of benzene rings is 1. The van der Waals surface area contributed by atoms with Gasteiger partial charge < -0.3 is 14.3 Å². The van der Waals surface area contributed by atoms with Gasteiger partial charge in [0.1, 0.15) is 22.1 Å². The van der Waals surface area contributed by atoms with Crippen LogP contribution in [-0.2, 0) is 9.53 Å². The quantitative estimate of drug-likeness (QED) is 0.860. The summed E-state index contributed by atoms with van der Waals surface area (Å²) in [4.78, 5) is 16.9. The Morgan fingerprint density at radius 2 is 2.04 bits per heavy atom. The molecule has 0 saturated heterocycles. The van der Waals surface area contributed by atoms with Gasteiger partial charge in [-0.25, -0.2) is 9.79 Å². The van der Waals surface area contributed by atoms with Crippen molar-refractivity contribution in [3.8, 4) is 0 Å². The summed E-state index contributed by atoms with van der Waals surface area (Å²) in [6, 6.07) is 12.7. The lowest BCUT2D eigenvalue weighted by Gasteiger charge is -2.01.